The average molecular weight is 243 g/mol. The highest BCUT2D eigenvalue weighted by Crippen LogP contribution is 2.00. The monoisotopic (exact) mass is 242 g/mol. The molecule has 6 heteroatoms. The third-order valence-corrected chi connectivity index (χ3v) is 2.13. The van der Waals surface area contributed by atoms with E-state index < -0.39 is 0 Å². The maximum absolute atomic E-state index is 5.28. The van der Waals surface area contributed by atoms with Gasteiger partial charge in [0.2, 0.25) is 0 Å². The van der Waals surface area contributed by atoms with Crippen LogP contribution in [0.4, 0.5) is 0 Å². The fourth-order valence-corrected chi connectivity index (χ4v) is 1.18. The fraction of sp³-hybridized carbons (Fsp3) is 0.500. The molecule has 5 nitrogen and oxygen atoms in total. The van der Waals surface area contributed by atoms with Crippen molar-refractivity contribution in [3.05, 3.63) is 24.3 Å². The summed E-state index contributed by atoms with van der Waals surface area (Å²) >= 11 is 0. The molecule has 0 unspecified atom stereocenters. The first-order chi connectivity index (χ1) is 7.34. The summed E-state index contributed by atoms with van der Waals surface area (Å²) in [6, 6.07) is 1.80. The first-order valence-corrected chi connectivity index (χ1v) is 5.00. The molecule has 2 heterocycles. The topological polar surface area (TPSA) is 59.4 Å². The van der Waals surface area contributed by atoms with Gasteiger partial charge in [-0.05, 0) is 13.0 Å². The average Bonchev–Trinajstić information content (AvgIpc) is 2.17. The molecule has 1 N–H and O–H groups in total. The minimum Gasteiger partial charge on any atom is -0.390 e. The smallest absolute Gasteiger partial charge is 0.152 e. The van der Waals surface area contributed by atoms with E-state index in [4.69, 9.17) is 4.84 Å². The summed E-state index contributed by atoms with van der Waals surface area (Å²) in [5.41, 5.74) is 0.896. The number of halogens is 1. The zero-order valence-corrected chi connectivity index (χ0v) is 9.91. The van der Waals surface area contributed by atoms with E-state index in [9.17, 15) is 0 Å². The molecule has 1 aliphatic heterocycles. The lowest BCUT2D eigenvalue weighted by Crippen LogP contribution is -2.47. The molecule has 0 spiro atoms. The minimum atomic E-state index is 0. The molecule has 0 aliphatic carbocycles. The molecule has 0 saturated carbocycles. The Kier molecular flexibility index (Phi) is 5.14. The van der Waals surface area contributed by atoms with Gasteiger partial charge in [-0.2, -0.15) is 0 Å². The standard InChI is InChI=1S/C10H14N4O.ClH/c1-8(14-15-9-6-11-7-9)5-10-12-3-2-4-13-10;/h2-4,9,11H,5-7H2,1H3;1H/b14-8-;. The van der Waals surface area contributed by atoms with Crippen LogP contribution in [0.15, 0.2) is 23.6 Å². The summed E-state index contributed by atoms with van der Waals surface area (Å²) in [4.78, 5) is 13.5. The Bertz CT molecular complexity index is 340. The van der Waals surface area contributed by atoms with Gasteiger partial charge in [-0.25, -0.2) is 9.97 Å². The van der Waals surface area contributed by atoms with Gasteiger partial charge in [0.15, 0.2) is 6.10 Å². The van der Waals surface area contributed by atoms with E-state index in [1.54, 1.807) is 18.5 Å². The van der Waals surface area contributed by atoms with Crippen molar-refractivity contribution in [1.29, 1.82) is 0 Å². The summed E-state index contributed by atoms with van der Waals surface area (Å²) in [5.74, 6) is 0.772. The molecule has 1 aromatic heterocycles. The fourth-order valence-electron chi connectivity index (χ4n) is 1.18. The van der Waals surface area contributed by atoms with Crippen molar-refractivity contribution in [2.75, 3.05) is 13.1 Å². The number of nitrogens with one attached hydrogen (secondary N) is 1. The second-order valence-corrected chi connectivity index (χ2v) is 3.55. The van der Waals surface area contributed by atoms with Crippen molar-refractivity contribution >= 4 is 18.1 Å². The zero-order valence-electron chi connectivity index (χ0n) is 9.09. The van der Waals surface area contributed by atoms with E-state index in [0.717, 1.165) is 24.6 Å². The Morgan fingerprint density at radius 3 is 2.75 bits per heavy atom. The van der Waals surface area contributed by atoms with Crippen molar-refractivity contribution < 1.29 is 4.84 Å². The van der Waals surface area contributed by atoms with Crippen LogP contribution in [0, 0.1) is 0 Å². The van der Waals surface area contributed by atoms with E-state index in [0.29, 0.717) is 6.42 Å². The van der Waals surface area contributed by atoms with Gasteiger partial charge in [0.05, 0.1) is 5.71 Å². The molecule has 1 aliphatic rings. The Hall–Kier alpha value is -1.20. The molecule has 16 heavy (non-hydrogen) atoms. The third-order valence-electron chi connectivity index (χ3n) is 2.13. The number of nitrogens with zero attached hydrogens (tertiary/aromatic N) is 3. The van der Waals surface area contributed by atoms with Crippen LogP contribution in [0.1, 0.15) is 12.7 Å². The molecule has 0 aromatic carbocycles. The van der Waals surface area contributed by atoms with Gasteiger partial charge >= 0.3 is 0 Å². The summed E-state index contributed by atoms with van der Waals surface area (Å²) in [6.07, 6.45) is 4.33. The van der Waals surface area contributed by atoms with Crippen LogP contribution >= 0.6 is 12.4 Å². The highest BCUT2D eigenvalue weighted by atomic mass is 35.5. The molecular weight excluding hydrogens is 228 g/mol. The molecule has 0 atom stereocenters. The third kappa shape index (κ3) is 3.75. The van der Waals surface area contributed by atoms with Crippen molar-refractivity contribution in [3.63, 3.8) is 0 Å². The number of rotatable bonds is 4. The van der Waals surface area contributed by atoms with E-state index in [2.05, 4.69) is 20.4 Å². The molecule has 0 bridgehead atoms. The summed E-state index contributed by atoms with van der Waals surface area (Å²) in [6.45, 7) is 3.69. The van der Waals surface area contributed by atoms with Gasteiger partial charge in [0.25, 0.3) is 0 Å². The predicted molar refractivity (Wildman–Crippen MR) is 63.8 cm³/mol. The second-order valence-electron chi connectivity index (χ2n) is 3.55. The maximum Gasteiger partial charge on any atom is 0.152 e. The number of hydrogen-bond acceptors (Lipinski definition) is 5. The molecule has 88 valence electrons. The second kappa shape index (κ2) is 6.40. The van der Waals surface area contributed by atoms with E-state index in [-0.39, 0.29) is 18.5 Å². The van der Waals surface area contributed by atoms with E-state index >= 15 is 0 Å². The molecular formula is C10H15ClN4O. The van der Waals surface area contributed by atoms with Gasteiger partial charge < -0.3 is 10.2 Å². The van der Waals surface area contributed by atoms with Crippen LogP contribution in [0.25, 0.3) is 0 Å². The SMILES string of the molecule is C/C(Cc1ncccn1)=N/OC1CNC1.Cl. The maximum atomic E-state index is 5.28. The van der Waals surface area contributed by atoms with Gasteiger partial charge in [0, 0.05) is 31.9 Å². The van der Waals surface area contributed by atoms with Gasteiger partial charge in [-0.3, -0.25) is 0 Å². The predicted octanol–water partition coefficient (Wildman–Crippen LogP) is 0.805. The number of oxime groups is 1. The molecule has 1 fully saturated rings. The Morgan fingerprint density at radius 2 is 2.19 bits per heavy atom. The highest BCUT2D eigenvalue weighted by molar-refractivity contribution is 5.85. The van der Waals surface area contributed by atoms with Gasteiger partial charge in [0.1, 0.15) is 5.82 Å². The molecule has 2 rings (SSSR count). The molecule has 0 radical (unpaired) electrons. The largest absolute Gasteiger partial charge is 0.390 e. The van der Waals surface area contributed by atoms with Gasteiger partial charge in [-0.1, -0.05) is 5.16 Å². The Balaban J connectivity index is 0.00000128. The normalized spacial score (nSPS) is 16.2. The van der Waals surface area contributed by atoms with Crippen molar-refractivity contribution in [2.45, 2.75) is 19.4 Å². The number of aromatic nitrogens is 2. The lowest BCUT2D eigenvalue weighted by atomic mass is 10.2. The minimum absolute atomic E-state index is 0. The Labute approximate surface area is 101 Å². The van der Waals surface area contributed by atoms with Crippen molar-refractivity contribution in [3.8, 4) is 0 Å². The van der Waals surface area contributed by atoms with Crippen LogP contribution in [-0.4, -0.2) is 34.9 Å². The molecule has 1 saturated heterocycles. The first kappa shape index (κ1) is 12.9. The molecule has 0 amide bonds. The van der Waals surface area contributed by atoms with E-state index in [1.165, 1.54) is 0 Å². The zero-order chi connectivity index (χ0) is 10.5. The van der Waals surface area contributed by atoms with Crippen LogP contribution in [0.3, 0.4) is 0 Å². The van der Waals surface area contributed by atoms with Crippen LogP contribution in [0.5, 0.6) is 0 Å². The van der Waals surface area contributed by atoms with Crippen molar-refractivity contribution in [1.82, 2.24) is 15.3 Å². The Morgan fingerprint density at radius 1 is 1.50 bits per heavy atom. The lowest BCUT2D eigenvalue weighted by Gasteiger charge is -2.24. The summed E-state index contributed by atoms with van der Waals surface area (Å²) in [7, 11) is 0. The van der Waals surface area contributed by atoms with Crippen molar-refractivity contribution in [2.24, 2.45) is 5.16 Å². The summed E-state index contributed by atoms with van der Waals surface area (Å²) in [5, 5.41) is 7.15. The summed E-state index contributed by atoms with van der Waals surface area (Å²) < 4.78 is 0. The van der Waals surface area contributed by atoms with Crippen LogP contribution < -0.4 is 5.32 Å². The van der Waals surface area contributed by atoms with Crippen LogP contribution in [0.2, 0.25) is 0 Å². The number of hydrogen-bond donors (Lipinski definition) is 1. The molecule has 1 aromatic rings. The lowest BCUT2D eigenvalue weighted by molar-refractivity contribution is 0.0227. The van der Waals surface area contributed by atoms with Gasteiger partial charge in [-0.15, -0.1) is 12.4 Å². The van der Waals surface area contributed by atoms with E-state index in [1.807, 2.05) is 6.92 Å². The first-order valence-electron chi connectivity index (χ1n) is 5.00. The highest BCUT2D eigenvalue weighted by Gasteiger charge is 2.17. The van der Waals surface area contributed by atoms with Crippen LogP contribution in [-0.2, 0) is 11.3 Å². The quantitative estimate of drug-likeness (QED) is 0.627.